The van der Waals surface area contributed by atoms with Gasteiger partial charge in [0.1, 0.15) is 0 Å². The quantitative estimate of drug-likeness (QED) is 0.129. The largest absolute Gasteiger partial charge is 2.00 e. The molecule has 0 saturated carbocycles. The molecule has 62 heavy (non-hydrogen) atoms. The van der Waals surface area contributed by atoms with Crippen LogP contribution in [-0.2, 0) is 36.1 Å². The van der Waals surface area contributed by atoms with Gasteiger partial charge in [0, 0.05) is 11.1 Å². The van der Waals surface area contributed by atoms with Crippen molar-refractivity contribution in [3.8, 4) is 44.5 Å². The van der Waals surface area contributed by atoms with Crippen molar-refractivity contribution >= 4 is 57.3 Å². The van der Waals surface area contributed by atoms with Crippen LogP contribution in [0.1, 0.15) is 22.8 Å². The molecule has 303 valence electrons. The number of carbonyl (C=O) groups excluding carboxylic acids is 2. The van der Waals surface area contributed by atoms with Gasteiger partial charge in [-0.15, -0.1) is 22.1 Å². The maximum absolute atomic E-state index is 13.7. The van der Waals surface area contributed by atoms with Crippen LogP contribution in [0.5, 0.6) is 0 Å². The Morgan fingerprint density at radius 2 is 0.790 bits per heavy atom. The molecule has 0 spiro atoms. The van der Waals surface area contributed by atoms with Gasteiger partial charge in [-0.3, -0.25) is 5.32 Å². The first kappa shape index (κ1) is 38.8. The Morgan fingerprint density at radius 1 is 0.468 bits per heavy atom. The van der Waals surface area contributed by atoms with E-state index in [1.807, 2.05) is 121 Å². The second kappa shape index (κ2) is 15.6. The number of hydrogen-bond acceptors (Lipinski definition) is 7. The number of hydrogen-bond donors (Lipinski definition) is 1. The number of rotatable bonds is 6. The Hall–Kier alpha value is -7.36. The fraction of sp³-hybridized carbons (Fsp3) is 0.0769. The van der Waals surface area contributed by atoms with E-state index in [0.717, 1.165) is 78.1 Å². The van der Waals surface area contributed by atoms with E-state index in [9.17, 15) is 9.59 Å². The summed E-state index contributed by atoms with van der Waals surface area (Å²) in [5, 5.41) is 3.61. The molecule has 7 heterocycles. The number of methoxy groups -OCH3 is 2. The molecule has 0 unspecified atom stereocenters. The summed E-state index contributed by atoms with van der Waals surface area (Å²) >= 11 is 0. The molecule has 4 aliphatic rings. The van der Waals surface area contributed by atoms with Crippen LogP contribution in [-0.4, -0.2) is 48.2 Å². The predicted octanol–water partition coefficient (Wildman–Crippen LogP) is 9.32. The SMILES string of the molecule is COC(=O)C1=C(C(=O)OC)[C@@H]2N[C@H]1C1=C2c2nc1c(-c1ccccc1)c1ccc([n-]1)c(-c1ccccc1)c1nc(c(-c3ccccc3)c3ccc([n-]3)c2-c2ccccc2)C=C1.[Cu+2]. The van der Waals surface area contributed by atoms with Gasteiger partial charge in [-0.2, -0.15) is 0 Å². The Bertz CT molecular complexity index is 3020. The van der Waals surface area contributed by atoms with E-state index >= 15 is 0 Å². The van der Waals surface area contributed by atoms with Crippen molar-refractivity contribution in [3.05, 3.63) is 180 Å². The Kier molecular flexibility index (Phi) is 9.76. The van der Waals surface area contributed by atoms with Crippen molar-refractivity contribution in [2.45, 2.75) is 12.1 Å². The molecule has 4 aliphatic heterocycles. The molecule has 0 amide bonds. The topological polar surface area (TPSA) is 119 Å². The van der Waals surface area contributed by atoms with Crippen LogP contribution in [0.15, 0.2) is 157 Å². The Morgan fingerprint density at radius 3 is 1.13 bits per heavy atom. The second-order valence-corrected chi connectivity index (χ2v) is 15.1. The summed E-state index contributed by atoms with van der Waals surface area (Å²) in [6, 6.07) is 47.1. The van der Waals surface area contributed by atoms with Gasteiger partial charge >= 0.3 is 29.0 Å². The minimum atomic E-state index is -0.732. The van der Waals surface area contributed by atoms with Crippen LogP contribution in [0.2, 0.25) is 0 Å². The van der Waals surface area contributed by atoms with Crippen LogP contribution in [0.25, 0.3) is 89.9 Å². The van der Waals surface area contributed by atoms with E-state index < -0.39 is 24.0 Å². The van der Waals surface area contributed by atoms with Crippen LogP contribution < -0.4 is 15.3 Å². The number of fused-ring (bicyclic) bond motifs is 14. The summed E-state index contributed by atoms with van der Waals surface area (Å²) in [4.78, 5) is 49.3. The van der Waals surface area contributed by atoms with Gasteiger partial charge in [-0.1, -0.05) is 146 Å². The Labute approximate surface area is 367 Å². The molecule has 1 N–H and O–H groups in total. The smallest absolute Gasteiger partial charge is 0.657 e. The van der Waals surface area contributed by atoms with Crippen LogP contribution in [0, 0.1) is 0 Å². The number of aromatic nitrogens is 4. The number of ether oxygens (including phenoxy) is 2. The Balaban J connectivity index is 0.00000458. The van der Waals surface area contributed by atoms with E-state index in [4.69, 9.17) is 29.4 Å². The number of carbonyl (C=O) groups is 2. The van der Waals surface area contributed by atoms with Crippen LogP contribution in [0.4, 0.5) is 0 Å². The van der Waals surface area contributed by atoms with Gasteiger partial charge in [0.05, 0.1) is 60.2 Å². The van der Waals surface area contributed by atoms with E-state index in [-0.39, 0.29) is 28.2 Å². The average Bonchev–Trinajstić information content (AvgIpc) is 4.18. The fourth-order valence-electron chi connectivity index (χ4n) is 9.24. The molecule has 7 aromatic rings. The van der Waals surface area contributed by atoms with Gasteiger partial charge < -0.3 is 19.4 Å². The molecule has 9 nitrogen and oxygen atoms in total. The summed E-state index contributed by atoms with van der Waals surface area (Å²) in [7, 11) is 2.64. The molecule has 1 radical (unpaired) electrons. The first-order valence-corrected chi connectivity index (χ1v) is 20.0. The molecule has 0 fully saturated rings. The van der Waals surface area contributed by atoms with Gasteiger partial charge in [-0.25, -0.2) is 19.6 Å². The molecular weight excluding hydrogens is 822 g/mol. The minimum absolute atomic E-state index is 0. The molecule has 3 aromatic heterocycles. The molecule has 0 aliphatic carbocycles. The number of esters is 2. The van der Waals surface area contributed by atoms with E-state index in [2.05, 4.69) is 41.7 Å². The molecule has 4 aromatic carbocycles. The van der Waals surface area contributed by atoms with Gasteiger partial charge in [0.25, 0.3) is 0 Å². The van der Waals surface area contributed by atoms with Crippen molar-refractivity contribution in [3.63, 3.8) is 0 Å². The van der Waals surface area contributed by atoms with Crippen molar-refractivity contribution in [1.82, 2.24) is 25.3 Å². The summed E-state index contributed by atoms with van der Waals surface area (Å²) in [6.45, 7) is 0. The number of nitrogens with one attached hydrogen (secondary N) is 1. The zero-order valence-electron chi connectivity index (χ0n) is 33.4. The third-order valence-electron chi connectivity index (χ3n) is 11.8. The molecule has 10 bridgehead atoms. The van der Waals surface area contributed by atoms with Crippen molar-refractivity contribution in [2.24, 2.45) is 0 Å². The van der Waals surface area contributed by atoms with E-state index in [0.29, 0.717) is 22.4 Å². The van der Waals surface area contributed by atoms with E-state index in [1.165, 1.54) is 14.2 Å². The number of benzene rings is 4. The monoisotopic (exact) mass is 856 g/mol. The zero-order chi connectivity index (χ0) is 41.2. The third-order valence-corrected chi connectivity index (χ3v) is 11.8. The standard InChI is InChI=1S/C52H35N5O4.Cu/c1-60-51(58)45-46(52(59)61-2)50-44-43(49(45)57-50)47-41(31-19-11-5-12-20-31)37-27-25-35(54-37)39(29-15-7-3-8-16-29)33-23-24-34(53-33)40(30-17-9-4-10-18-30)36-26-28-38(55-36)42(48(44)56-47)32-21-13-6-14-22-32;/h3-28,49-50,57H,1-2H3;/q-2;+2/t49-,50+;. The first-order valence-electron chi connectivity index (χ1n) is 20.0. The predicted molar refractivity (Wildman–Crippen MR) is 238 cm³/mol. The van der Waals surface area contributed by atoms with E-state index in [1.54, 1.807) is 0 Å². The summed E-state index contributed by atoms with van der Waals surface area (Å²) in [5.41, 5.74) is 14.6. The average molecular weight is 857 g/mol. The molecule has 2 atom stereocenters. The molecule has 11 rings (SSSR count). The summed E-state index contributed by atoms with van der Waals surface area (Å²) < 4.78 is 10.7. The van der Waals surface area contributed by atoms with Gasteiger partial charge in [0.15, 0.2) is 0 Å². The van der Waals surface area contributed by atoms with Gasteiger partial charge in [0.2, 0.25) is 0 Å². The van der Waals surface area contributed by atoms with Crippen molar-refractivity contribution < 1.29 is 36.1 Å². The zero-order valence-corrected chi connectivity index (χ0v) is 34.3. The summed E-state index contributed by atoms with van der Waals surface area (Å²) in [6.07, 6.45) is 4.11. The molecule has 10 heteroatoms. The van der Waals surface area contributed by atoms with Gasteiger partial charge in [-0.05, 0) is 56.7 Å². The molecular formula is C52H35CuN5O4. The van der Waals surface area contributed by atoms with Crippen molar-refractivity contribution in [2.75, 3.05) is 14.2 Å². The van der Waals surface area contributed by atoms with Crippen molar-refractivity contribution in [1.29, 1.82) is 0 Å². The number of nitrogens with zero attached hydrogens (tertiary/aromatic N) is 4. The normalized spacial score (nSPS) is 16.0. The van der Waals surface area contributed by atoms with Crippen LogP contribution in [0.3, 0.4) is 0 Å². The minimum Gasteiger partial charge on any atom is -0.657 e. The maximum Gasteiger partial charge on any atom is 2.00 e. The summed E-state index contributed by atoms with van der Waals surface area (Å²) in [5.74, 6) is -1.23. The maximum atomic E-state index is 13.7. The first-order chi connectivity index (χ1) is 30.0. The fourth-order valence-corrected chi connectivity index (χ4v) is 9.24. The third kappa shape index (κ3) is 6.10. The van der Waals surface area contributed by atoms with Crippen LogP contribution >= 0.6 is 0 Å². The molecule has 0 saturated heterocycles. The second-order valence-electron chi connectivity index (χ2n) is 15.1.